The van der Waals surface area contributed by atoms with Gasteiger partial charge in [0.15, 0.2) is 13.2 Å². The molecule has 0 aromatic carbocycles. The molecule has 1 aliphatic rings. The number of morpholine rings is 1. The third-order valence-corrected chi connectivity index (χ3v) is 1.75. The summed E-state index contributed by atoms with van der Waals surface area (Å²) in [7, 11) is 4.19. The molecule has 1 aliphatic heterocycles. The number of hydrogen-bond acceptors (Lipinski definition) is 5. The average Bonchev–Trinajstić information content (AvgIpc) is 2.20. The fraction of sp³-hybridized carbons (Fsp3) is 0.857. The Morgan fingerprint density at radius 3 is 2.64 bits per heavy atom. The van der Waals surface area contributed by atoms with Crippen molar-refractivity contribution in [2.45, 2.75) is 25.5 Å². The van der Waals surface area contributed by atoms with Gasteiger partial charge in [0.1, 0.15) is 0 Å². The topological polar surface area (TPSA) is 47.6 Å². The Morgan fingerprint density at radius 1 is 1.71 bits per heavy atom. The monoisotopic (exact) mass is 221 g/mol. The molecular formula is C7H13BFNO3S. The molecule has 1 fully saturated rings. The molecule has 14 heavy (non-hydrogen) atoms. The molecule has 0 amide bonds. The second kappa shape index (κ2) is 6.26. The number of carbonyl (C=O) groups excluding carboxylic acids is 1. The van der Waals surface area contributed by atoms with E-state index in [4.69, 9.17) is 4.74 Å². The second-order valence-electron chi connectivity index (χ2n) is 3.46. The summed E-state index contributed by atoms with van der Waals surface area (Å²) in [5, 5.41) is 3.03. The predicted octanol–water partition coefficient (Wildman–Crippen LogP) is 0.181. The van der Waals surface area contributed by atoms with Crippen LogP contribution in [0.2, 0.25) is 0 Å². The molecule has 1 N–H and O–H groups in total. The van der Waals surface area contributed by atoms with Gasteiger partial charge in [-0.2, -0.15) is 0 Å². The first kappa shape index (κ1) is 13.7. The number of ether oxygens (including phenoxy) is 1. The normalized spacial score (nSPS) is 24.4. The summed E-state index contributed by atoms with van der Waals surface area (Å²) in [6.45, 7) is 4.52. The van der Waals surface area contributed by atoms with Gasteiger partial charge in [0, 0.05) is 16.6 Å². The van der Waals surface area contributed by atoms with Gasteiger partial charge in [0.25, 0.3) is 0 Å². The van der Waals surface area contributed by atoms with E-state index >= 15 is 0 Å². The molecule has 0 spiro atoms. The molecule has 4 nitrogen and oxygen atoms in total. The third kappa shape index (κ3) is 4.30. The smallest absolute Gasteiger partial charge is 0.363 e. The summed E-state index contributed by atoms with van der Waals surface area (Å²) < 4.78 is 16.5. The minimum Gasteiger partial charge on any atom is -0.363 e. The first-order valence-corrected chi connectivity index (χ1v) is 4.52. The highest BCUT2D eigenvalue weighted by Gasteiger charge is 2.32. The Labute approximate surface area is 89.1 Å². The third-order valence-electron chi connectivity index (χ3n) is 1.75. The first-order chi connectivity index (χ1) is 6.55. The highest BCUT2D eigenvalue weighted by molar-refractivity contribution is 8.03. The largest absolute Gasteiger partial charge is 0.378 e. The SMILES string of the molecule is CC1(C)COC(C(=O)OF)CN1.[B]S. The van der Waals surface area contributed by atoms with Crippen LogP contribution in [0.5, 0.6) is 0 Å². The minimum absolute atomic E-state index is 0.160. The summed E-state index contributed by atoms with van der Waals surface area (Å²) >= 11 is 3.03. The van der Waals surface area contributed by atoms with E-state index < -0.39 is 12.1 Å². The Morgan fingerprint density at radius 2 is 2.29 bits per heavy atom. The predicted molar refractivity (Wildman–Crippen MR) is 53.8 cm³/mol. The van der Waals surface area contributed by atoms with E-state index in [1.165, 1.54) is 0 Å². The van der Waals surface area contributed by atoms with Crippen molar-refractivity contribution in [2.24, 2.45) is 0 Å². The number of rotatable bonds is 1. The van der Waals surface area contributed by atoms with Crippen LogP contribution in [0.15, 0.2) is 0 Å². The van der Waals surface area contributed by atoms with Crippen molar-refractivity contribution in [3.63, 3.8) is 0 Å². The zero-order valence-electron chi connectivity index (χ0n) is 8.12. The van der Waals surface area contributed by atoms with E-state index in [0.717, 1.165) is 0 Å². The van der Waals surface area contributed by atoms with Crippen molar-refractivity contribution < 1.29 is 19.0 Å². The van der Waals surface area contributed by atoms with E-state index in [1.807, 2.05) is 13.8 Å². The van der Waals surface area contributed by atoms with Crippen LogP contribution < -0.4 is 5.32 Å². The number of thiol groups is 1. The number of halogens is 1. The van der Waals surface area contributed by atoms with Gasteiger partial charge in [-0.15, -0.1) is 0 Å². The summed E-state index contributed by atoms with van der Waals surface area (Å²) in [5.74, 6) is -0.974. The van der Waals surface area contributed by atoms with Crippen LogP contribution in [0.3, 0.4) is 0 Å². The summed E-state index contributed by atoms with van der Waals surface area (Å²) in [4.78, 5) is 13.7. The molecule has 2 radical (unpaired) electrons. The van der Waals surface area contributed by atoms with Crippen molar-refractivity contribution in [3.8, 4) is 0 Å². The second-order valence-corrected chi connectivity index (χ2v) is 3.46. The summed E-state index contributed by atoms with van der Waals surface area (Å²) in [6, 6.07) is 0. The van der Waals surface area contributed by atoms with Crippen molar-refractivity contribution in [1.82, 2.24) is 5.32 Å². The Balaban J connectivity index is 0.000000791. The lowest BCUT2D eigenvalue weighted by atomic mass is 10.0. The van der Waals surface area contributed by atoms with Crippen molar-refractivity contribution in [3.05, 3.63) is 0 Å². The molecule has 0 saturated carbocycles. The molecule has 1 saturated heterocycles. The fourth-order valence-corrected chi connectivity index (χ4v) is 0.989. The molecule has 7 heteroatoms. The lowest BCUT2D eigenvalue weighted by Gasteiger charge is -2.34. The highest BCUT2D eigenvalue weighted by Crippen LogP contribution is 2.11. The minimum atomic E-state index is -0.974. The van der Waals surface area contributed by atoms with Crippen molar-refractivity contribution in [2.75, 3.05) is 13.2 Å². The van der Waals surface area contributed by atoms with Gasteiger partial charge in [0.05, 0.1) is 6.61 Å². The number of nitrogens with one attached hydrogen (secondary N) is 1. The van der Waals surface area contributed by atoms with Gasteiger partial charge in [-0.25, -0.2) is 17.3 Å². The first-order valence-electron chi connectivity index (χ1n) is 4.00. The quantitative estimate of drug-likeness (QED) is 0.489. The van der Waals surface area contributed by atoms with Crippen molar-refractivity contribution in [1.29, 1.82) is 0 Å². The molecule has 1 heterocycles. The van der Waals surface area contributed by atoms with Crippen LogP contribution in [-0.4, -0.2) is 37.9 Å². The van der Waals surface area contributed by atoms with Crippen molar-refractivity contribution >= 4 is 25.6 Å². The molecule has 0 aliphatic carbocycles. The van der Waals surface area contributed by atoms with E-state index in [2.05, 4.69) is 29.9 Å². The van der Waals surface area contributed by atoms with Gasteiger partial charge in [-0.3, -0.25) is 4.94 Å². The molecule has 1 rings (SSSR count). The Hall–Kier alpha value is -0.265. The Kier molecular flexibility index (Phi) is 6.14. The van der Waals surface area contributed by atoms with E-state index in [0.29, 0.717) is 6.61 Å². The van der Waals surface area contributed by atoms with Crippen LogP contribution >= 0.6 is 12.5 Å². The molecule has 0 aromatic rings. The molecule has 80 valence electrons. The maximum atomic E-state index is 11.4. The van der Waals surface area contributed by atoms with E-state index in [9.17, 15) is 9.32 Å². The summed E-state index contributed by atoms with van der Waals surface area (Å²) in [5.41, 5.74) is -0.160. The molecule has 1 unspecified atom stereocenters. The van der Waals surface area contributed by atoms with Crippen LogP contribution in [0.4, 0.5) is 4.53 Å². The molecule has 1 atom stereocenters. The fourth-order valence-electron chi connectivity index (χ4n) is 0.989. The molecule has 0 aromatic heterocycles. The van der Waals surface area contributed by atoms with Crippen LogP contribution in [0, 0.1) is 0 Å². The number of carbonyl (C=O) groups is 1. The van der Waals surface area contributed by atoms with E-state index in [-0.39, 0.29) is 12.1 Å². The van der Waals surface area contributed by atoms with Crippen LogP contribution in [0.1, 0.15) is 13.8 Å². The van der Waals surface area contributed by atoms with Crippen LogP contribution in [0.25, 0.3) is 0 Å². The van der Waals surface area contributed by atoms with Gasteiger partial charge in [0.2, 0.25) is 0 Å². The van der Waals surface area contributed by atoms with Gasteiger partial charge >= 0.3 is 5.97 Å². The highest BCUT2D eigenvalue weighted by atomic mass is 32.1. The maximum Gasteiger partial charge on any atom is 0.378 e. The maximum absolute atomic E-state index is 11.4. The van der Waals surface area contributed by atoms with Crippen LogP contribution in [-0.2, 0) is 14.5 Å². The molecular weight excluding hydrogens is 208 g/mol. The lowest BCUT2D eigenvalue weighted by Crippen LogP contribution is -2.55. The Bertz CT molecular complexity index is 184. The standard InChI is InChI=1S/C7H12FNO3.BHS/c1-7(2)4-11-5(3-9-7)6(10)12-8;1-2/h5,9H,3-4H2,1-2H3;2H. The average molecular weight is 221 g/mol. The van der Waals surface area contributed by atoms with Gasteiger partial charge in [-0.1, -0.05) is 0 Å². The zero-order valence-corrected chi connectivity index (χ0v) is 9.01. The van der Waals surface area contributed by atoms with E-state index in [1.54, 1.807) is 0 Å². The number of hydrogen-bond donors (Lipinski definition) is 2. The molecule has 0 bridgehead atoms. The summed E-state index contributed by atoms with van der Waals surface area (Å²) in [6.07, 6.45) is -0.817. The lowest BCUT2D eigenvalue weighted by molar-refractivity contribution is -0.200. The zero-order chi connectivity index (χ0) is 11.2. The van der Waals surface area contributed by atoms with Gasteiger partial charge in [-0.05, 0) is 13.8 Å². The van der Waals surface area contributed by atoms with Gasteiger partial charge < -0.3 is 10.1 Å².